The number of benzene rings is 3. The van der Waals surface area contributed by atoms with Crippen molar-refractivity contribution in [2.75, 3.05) is 28.4 Å². The molecular weight excluding hydrogens is 576 g/mol. The van der Waals surface area contributed by atoms with E-state index in [0.29, 0.717) is 62.4 Å². The molecule has 0 unspecified atom stereocenters. The summed E-state index contributed by atoms with van der Waals surface area (Å²) in [5.74, 6) is 1.36. The Bertz CT molecular complexity index is 1880. The molecular formula is C35H34N2O8. The second kappa shape index (κ2) is 11.0. The Labute approximate surface area is 260 Å². The maximum atomic E-state index is 13.9. The van der Waals surface area contributed by atoms with Crippen LogP contribution < -0.4 is 23.7 Å². The van der Waals surface area contributed by atoms with Gasteiger partial charge in [0.2, 0.25) is 5.75 Å². The average Bonchev–Trinajstić information content (AvgIpc) is 3.54. The minimum atomic E-state index is -1.14. The highest BCUT2D eigenvalue weighted by molar-refractivity contribution is 6.12. The van der Waals surface area contributed by atoms with Crippen molar-refractivity contribution < 1.29 is 38.7 Å². The number of rotatable bonds is 8. The number of carbonyl (C=O) groups excluding carboxylic acids is 1. The number of aryl methyl sites for hydroxylation is 1. The topological polar surface area (TPSA) is 122 Å². The third-order valence-electron chi connectivity index (χ3n) is 8.65. The molecule has 3 aromatic carbocycles. The van der Waals surface area contributed by atoms with Crippen molar-refractivity contribution in [2.45, 2.75) is 32.3 Å². The van der Waals surface area contributed by atoms with E-state index in [-0.39, 0.29) is 17.1 Å². The number of hydrogen-bond acceptors (Lipinski definition) is 9. The largest absolute Gasteiger partial charge is 0.507 e. The lowest BCUT2D eigenvalue weighted by Crippen LogP contribution is -2.34. The molecule has 10 heteroatoms. The van der Waals surface area contributed by atoms with E-state index in [0.717, 1.165) is 5.69 Å². The Kier molecular flexibility index (Phi) is 7.33. The standard InChI is InChI=1S/C35H34N2O8/c1-18-30(39)28(23(38)14-13-20-15-24(41-4)32(44-7)25(16-20)42-5)33-29(31(18)43-6)35(3)26(45-33)17-22-27(34(35)40)19(2)36-37(22)21-11-9-8-10-12-21/h8-17,34,39-40H,1-7H3/b14-13+/t34-,35+/m1/s1. The fourth-order valence-corrected chi connectivity index (χ4v) is 6.33. The van der Waals surface area contributed by atoms with Crippen LogP contribution in [0, 0.1) is 13.8 Å². The molecule has 1 aliphatic carbocycles. The summed E-state index contributed by atoms with van der Waals surface area (Å²) in [5, 5.41) is 28.1. The van der Waals surface area contributed by atoms with Crippen LogP contribution in [0.4, 0.5) is 0 Å². The highest BCUT2D eigenvalue weighted by Gasteiger charge is 2.55. The number of aromatic nitrogens is 2. The quantitative estimate of drug-likeness (QED) is 0.187. The van der Waals surface area contributed by atoms with Gasteiger partial charge >= 0.3 is 0 Å². The highest BCUT2D eigenvalue weighted by atomic mass is 16.5. The number of methoxy groups -OCH3 is 4. The molecule has 6 rings (SSSR count). The Balaban J connectivity index is 1.49. The van der Waals surface area contributed by atoms with Crippen molar-refractivity contribution >= 4 is 17.9 Å². The van der Waals surface area contributed by atoms with E-state index in [4.69, 9.17) is 28.8 Å². The van der Waals surface area contributed by atoms with Gasteiger partial charge in [-0.15, -0.1) is 0 Å². The predicted molar refractivity (Wildman–Crippen MR) is 168 cm³/mol. The van der Waals surface area contributed by atoms with Gasteiger partial charge in [0.25, 0.3) is 0 Å². The fourth-order valence-electron chi connectivity index (χ4n) is 6.33. The molecule has 45 heavy (non-hydrogen) atoms. The van der Waals surface area contributed by atoms with Gasteiger partial charge in [-0.3, -0.25) is 4.79 Å². The number of ketones is 1. The molecule has 0 spiro atoms. The summed E-state index contributed by atoms with van der Waals surface area (Å²) in [6, 6.07) is 13.0. The van der Waals surface area contributed by atoms with Crippen LogP contribution in [-0.2, 0) is 5.41 Å². The van der Waals surface area contributed by atoms with E-state index in [1.807, 2.05) is 50.3 Å². The minimum Gasteiger partial charge on any atom is -0.507 e. The molecule has 2 atom stereocenters. The van der Waals surface area contributed by atoms with Crippen molar-refractivity contribution in [3.63, 3.8) is 0 Å². The number of phenols is 1. The molecule has 0 amide bonds. The van der Waals surface area contributed by atoms with Crippen LogP contribution in [0.1, 0.15) is 57.0 Å². The number of hydrogen-bond donors (Lipinski definition) is 2. The first kappa shape index (κ1) is 29.8. The van der Waals surface area contributed by atoms with Gasteiger partial charge in [0.1, 0.15) is 28.6 Å². The number of nitrogens with zero attached hydrogens (tertiary/aromatic N) is 2. The van der Waals surface area contributed by atoms with Gasteiger partial charge in [-0.1, -0.05) is 24.3 Å². The summed E-state index contributed by atoms with van der Waals surface area (Å²) in [4.78, 5) is 13.9. The molecule has 1 aliphatic heterocycles. The molecule has 0 saturated carbocycles. The Morgan fingerprint density at radius 2 is 1.64 bits per heavy atom. The van der Waals surface area contributed by atoms with Crippen LogP contribution in [-0.4, -0.2) is 54.2 Å². The zero-order valence-corrected chi connectivity index (χ0v) is 26.1. The van der Waals surface area contributed by atoms with Crippen LogP contribution in [0.15, 0.2) is 54.3 Å². The fraction of sp³-hybridized carbons (Fsp3) is 0.257. The lowest BCUT2D eigenvalue weighted by Gasteiger charge is -2.34. The van der Waals surface area contributed by atoms with E-state index < -0.39 is 17.3 Å². The summed E-state index contributed by atoms with van der Waals surface area (Å²) in [7, 11) is 6.01. The van der Waals surface area contributed by atoms with E-state index in [9.17, 15) is 15.0 Å². The number of aliphatic hydroxyl groups excluding tert-OH is 1. The van der Waals surface area contributed by atoms with Gasteiger partial charge in [-0.2, -0.15) is 5.10 Å². The van der Waals surface area contributed by atoms with Crippen molar-refractivity contribution in [1.29, 1.82) is 0 Å². The summed E-state index contributed by atoms with van der Waals surface area (Å²) < 4.78 is 30.3. The predicted octanol–water partition coefficient (Wildman–Crippen LogP) is 5.86. The normalized spacial score (nSPS) is 18.0. The van der Waals surface area contributed by atoms with Gasteiger partial charge in [0.15, 0.2) is 17.3 Å². The van der Waals surface area contributed by atoms with Gasteiger partial charge in [0.05, 0.1) is 62.6 Å². The number of carbonyl (C=O) groups is 1. The lowest BCUT2D eigenvalue weighted by molar-refractivity contribution is 0.0966. The Morgan fingerprint density at radius 3 is 2.24 bits per heavy atom. The molecule has 2 N–H and O–H groups in total. The van der Waals surface area contributed by atoms with Crippen molar-refractivity contribution in [3.8, 4) is 40.2 Å². The molecule has 4 aromatic rings. The Morgan fingerprint density at radius 1 is 1.00 bits per heavy atom. The van der Waals surface area contributed by atoms with Crippen molar-refractivity contribution in [1.82, 2.24) is 9.78 Å². The molecule has 0 fully saturated rings. The number of phenolic OH excluding ortho intramolecular Hbond substituents is 1. The summed E-state index contributed by atoms with van der Waals surface area (Å²) in [5.41, 5.74) is 3.04. The number of aliphatic hydroxyl groups is 1. The zero-order chi connectivity index (χ0) is 32.2. The maximum absolute atomic E-state index is 13.9. The molecule has 0 bridgehead atoms. The molecule has 0 radical (unpaired) electrons. The van der Waals surface area contributed by atoms with Gasteiger partial charge in [-0.05, 0) is 56.7 Å². The molecule has 2 heterocycles. The average molecular weight is 611 g/mol. The smallest absolute Gasteiger partial charge is 0.203 e. The number of para-hydroxylation sites is 1. The molecule has 0 saturated heterocycles. The maximum Gasteiger partial charge on any atom is 0.203 e. The highest BCUT2D eigenvalue weighted by Crippen LogP contribution is 2.62. The SMILES string of the molecule is COc1cc(/C=C/C(=O)c2c(O)c(C)c(OC)c3c2OC2=Cc4c(c(C)nn4-c4ccccc4)[C@@H](O)[C@@]23C)cc(OC)c1OC. The number of aromatic hydroxyl groups is 1. The second-order valence-corrected chi connectivity index (χ2v) is 11.1. The third-order valence-corrected chi connectivity index (χ3v) is 8.65. The third kappa shape index (κ3) is 4.35. The van der Waals surface area contributed by atoms with Gasteiger partial charge < -0.3 is 33.9 Å². The van der Waals surface area contributed by atoms with Gasteiger partial charge in [0, 0.05) is 17.2 Å². The second-order valence-electron chi connectivity index (χ2n) is 11.1. The van der Waals surface area contributed by atoms with E-state index >= 15 is 0 Å². The summed E-state index contributed by atoms with van der Waals surface area (Å²) in [6.07, 6.45) is 3.67. The monoisotopic (exact) mass is 610 g/mol. The van der Waals surface area contributed by atoms with Crippen LogP contribution in [0.3, 0.4) is 0 Å². The van der Waals surface area contributed by atoms with E-state index in [1.54, 1.807) is 29.8 Å². The first-order valence-corrected chi connectivity index (χ1v) is 14.3. The van der Waals surface area contributed by atoms with Crippen molar-refractivity contribution in [3.05, 3.63) is 93.5 Å². The molecule has 232 valence electrons. The van der Waals surface area contributed by atoms with E-state index in [1.165, 1.54) is 34.5 Å². The van der Waals surface area contributed by atoms with Crippen LogP contribution in [0.5, 0.6) is 34.5 Å². The summed E-state index contributed by atoms with van der Waals surface area (Å²) >= 11 is 0. The number of allylic oxidation sites excluding steroid dienone is 1. The van der Waals surface area contributed by atoms with Crippen LogP contribution in [0.25, 0.3) is 17.8 Å². The van der Waals surface area contributed by atoms with Crippen molar-refractivity contribution in [2.24, 2.45) is 0 Å². The first-order valence-electron chi connectivity index (χ1n) is 14.3. The summed E-state index contributed by atoms with van der Waals surface area (Å²) in [6.45, 7) is 5.36. The Hall–Kier alpha value is -5.22. The first-order chi connectivity index (χ1) is 21.6. The number of fused-ring (bicyclic) bond motifs is 4. The molecule has 2 aliphatic rings. The molecule has 10 nitrogen and oxygen atoms in total. The lowest BCUT2D eigenvalue weighted by atomic mass is 9.70. The van der Waals surface area contributed by atoms with Gasteiger partial charge in [-0.25, -0.2) is 4.68 Å². The van der Waals surface area contributed by atoms with Crippen LogP contribution >= 0.6 is 0 Å². The van der Waals surface area contributed by atoms with E-state index in [2.05, 4.69) is 0 Å². The minimum absolute atomic E-state index is 0.0406. The van der Waals surface area contributed by atoms with Crippen LogP contribution in [0.2, 0.25) is 0 Å². The zero-order valence-electron chi connectivity index (χ0n) is 26.1. The molecule has 1 aromatic heterocycles. The number of ether oxygens (including phenoxy) is 5.